The van der Waals surface area contributed by atoms with Gasteiger partial charge in [0.25, 0.3) is 0 Å². The van der Waals surface area contributed by atoms with Crippen molar-refractivity contribution in [2.75, 3.05) is 20.1 Å². The highest BCUT2D eigenvalue weighted by Crippen LogP contribution is 2.32. The van der Waals surface area contributed by atoms with Gasteiger partial charge in [-0.05, 0) is 43.4 Å². The molecule has 23 heavy (non-hydrogen) atoms. The van der Waals surface area contributed by atoms with Crippen LogP contribution < -0.4 is 0 Å². The summed E-state index contributed by atoms with van der Waals surface area (Å²) in [5, 5.41) is 0. The van der Waals surface area contributed by atoms with Crippen molar-refractivity contribution in [1.29, 1.82) is 0 Å². The van der Waals surface area contributed by atoms with Crippen molar-refractivity contribution in [1.82, 2.24) is 9.80 Å². The van der Waals surface area contributed by atoms with Gasteiger partial charge in [-0.25, -0.2) is 0 Å². The quantitative estimate of drug-likeness (QED) is 0.807. The van der Waals surface area contributed by atoms with Gasteiger partial charge in [0.15, 0.2) is 0 Å². The Morgan fingerprint density at radius 3 is 2.52 bits per heavy atom. The maximum Gasteiger partial charge on any atom is 0.227 e. The average Bonchev–Trinajstić information content (AvgIpc) is 3.40. The summed E-state index contributed by atoms with van der Waals surface area (Å²) in [6.07, 6.45) is 3.87. The van der Waals surface area contributed by atoms with Gasteiger partial charge < -0.3 is 9.80 Å². The maximum atomic E-state index is 12.7. The average molecular weight is 379 g/mol. The minimum absolute atomic E-state index is 0.0492. The van der Waals surface area contributed by atoms with Crippen molar-refractivity contribution in [3.05, 3.63) is 34.3 Å². The monoisotopic (exact) mass is 378 g/mol. The molecular weight excluding hydrogens is 356 g/mol. The van der Waals surface area contributed by atoms with Gasteiger partial charge in [0, 0.05) is 37.1 Å². The highest BCUT2D eigenvalue weighted by atomic mass is 79.9. The molecule has 1 aromatic carbocycles. The van der Waals surface area contributed by atoms with Crippen LogP contribution in [0.3, 0.4) is 0 Å². The Hall–Kier alpha value is -1.36. The van der Waals surface area contributed by atoms with Gasteiger partial charge >= 0.3 is 0 Å². The molecule has 4 nitrogen and oxygen atoms in total. The highest BCUT2D eigenvalue weighted by molar-refractivity contribution is 9.10. The summed E-state index contributed by atoms with van der Waals surface area (Å²) < 4.78 is 1.04. The van der Waals surface area contributed by atoms with Crippen LogP contribution in [0.2, 0.25) is 0 Å². The highest BCUT2D eigenvalue weighted by Gasteiger charge is 2.37. The van der Waals surface area contributed by atoms with Crippen LogP contribution in [0.4, 0.5) is 0 Å². The van der Waals surface area contributed by atoms with Crippen LogP contribution in [0.15, 0.2) is 28.7 Å². The number of hydrogen-bond donors (Lipinski definition) is 0. The van der Waals surface area contributed by atoms with Crippen molar-refractivity contribution < 1.29 is 9.59 Å². The Bertz CT molecular complexity index is 583. The lowest BCUT2D eigenvalue weighted by atomic mass is 9.96. The van der Waals surface area contributed by atoms with Crippen LogP contribution in [0.5, 0.6) is 0 Å². The molecule has 1 unspecified atom stereocenters. The number of rotatable bonds is 4. The van der Waals surface area contributed by atoms with Gasteiger partial charge in [-0.3, -0.25) is 9.59 Å². The van der Waals surface area contributed by atoms with Crippen molar-refractivity contribution in [3.63, 3.8) is 0 Å². The van der Waals surface area contributed by atoms with Crippen molar-refractivity contribution in [3.8, 4) is 0 Å². The summed E-state index contributed by atoms with van der Waals surface area (Å²) in [4.78, 5) is 28.6. The molecule has 1 saturated carbocycles. The van der Waals surface area contributed by atoms with Gasteiger partial charge in [0.1, 0.15) is 0 Å². The molecule has 1 aliphatic heterocycles. The first-order chi connectivity index (χ1) is 11.0. The Kier molecular flexibility index (Phi) is 5.05. The van der Waals surface area contributed by atoms with E-state index in [0.717, 1.165) is 42.3 Å². The number of hydrogen-bond acceptors (Lipinski definition) is 2. The predicted octanol–water partition coefficient (Wildman–Crippen LogP) is 3.06. The number of likely N-dealkylation sites (tertiary alicyclic amines) is 1. The molecule has 1 saturated heterocycles. The molecule has 2 amide bonds. The van der Waals surface area contributed by atoms with E-state index < -0.39 is 0 Å². The van der Waals surface area contributed by atoms with Gasteiger partial charge in [-0.1, -0.05) is 28.1 Å². The fourth-order valence-electron chi connectivity index (χ4n) is 3.22. The standard InChI is InChI=1S/C18H23BrN2O2/c1-20(11-13-4-8-16(19)9-5-13)17(22)15-3-2-10-21(12-15)18(23)14-6-7-14/h4-5,8-9,14-15H,2-3,6-7,10-12H2,1H3. The van der Waals surface area contributed by atoms with E-state index >= 15 is 0 Å². The van der Waals surface area contributed by atoms with Gasteiger partial charge in [-0.15, -0.1) is 0 Å². The minimum Gasteiger partial charge on any atom is -0.342 e. The molecule has 1 heterocycles. The zero-order valence-corrected chi connectivity index (χ0v) is 15.1. The van der Waals surface area contributed by atoms with Crippen LogP contribution in [-0.2, 0) is 16.1 Å². The Balaban J connectivity index is 1.57. The van der Waals surface area contributed by atoms with Crippen LogP contribution >= 0.6 is 15.9 Å². The molecule has 1 aromatic rings. The minimum atomic E-state index is -0.0492. The molecule has 0 radical (unpaired) electrons. The molecule has 5 heteroatoms. The maximum absolute atomic E-state index is 12.7. The SMILES string of the molecule is CN(Cc1ccc(Br)cc1)C(=O)C1CCCN(C(=O)C2CC2)C1. The fraction of sp³-hybridized carbons (Fsp3) is 0.556. The third-order valence-electron chi connectivity index (χ3n) is 4.72. The second-order valence-electron chi connectivity index (χ2n) is 6.72. The van der Waals surface area contributed by atoms with E-state index in [1.165, 1.54) is 0 Å². The molecular formula is C18H23BrN2O2. The lowest BCUT2D eigenvalue weighted by Gasteiger charge is -2.34. The van der Waals surface area contributed by atoms with Crippen LogP contribution in [0.1, 0.15) is 31.2 Å². The number of benzene rings is 1. The Morgan fingerprint density at radius 1 is 1.17 bits per heavy atom. The van der Waals surface area contributed by atoms with E-state index in [-0.39, 0.29) is 23.7 Å². The van der Waals surface area contributed by atoms with E-state index in [9.17, 15) is 9.59 Å². The molecule has 1 atom stereocenters. The second-order valence-corrected chi connectivity index (χ2v) is 7.63. The molecule has 1 aliphatic carbocycles. The molecule has 0 spiro atoms. The summed E-state index contributed by atoms with van der Waals surface area (Å²) in [6.45, 7) is 2.02. The van der Waals surface area contributed by atoms with Crippen molar-refractivity contribution in [2.45, 2.75) is 32.2 Å². The van der Waals surface area contributed by atoms with Gasteiger partial charge in [0.2, 0.25) is 11.8 Å². The van der Waals surface area contributed by atoms with Crippen molar-refractivity contribution in [2.24, 2.45) is 11.8 Å². The normalized spacial score (nSPS) is 21.1. The lowest BCUT2D eigenvalue weighted by molar-refractivity contribution is -0.141. The van der Waals surface area contributed by atoms with Crippen LogP contribution in [0, 0.1) is 11.8 Å². The summed E-state index contributed by atoms with van der Waals surface area (Å²) in [6, 6.07) is 8.03. The Morgan fingerprint density at radius 2 is 1.87 bits per heavy atom. The molecule has 0 bridgehead atoms. The largest absolute Gasteiger partial charge is 0.342 e. The summed E-state index contributed by atoms with van der Waals surface area (Å²) in [7, 11) is 1.85. The molecule has 0 aromatic heterocycles. The first kappa shape index (κ1) is 16.5. The third-order valence-corrected chi connectivity index (χ3v) is 5.25. The van der Waals surface area contributed by atoms with E-state index in [1.54, 1.807) is 4.90 Å². The van der Waals surface area contributed by atoms with Crippen molar-refractivity contribution >= 4 is 27.7 Å². The zero-order valence-electron chi connectivity index (χ0n) is 13.5. The van der Waals surface area contributed by atoms with E-state index in [2.05, 4.69) is 15.9 Å². The number of piperidine rings is 1. The van der Waals surface area contributed by atoms with Crippen LogP contribution in [0.25, 0.3) is 0 Å². The predicted molar refractivity (Wildman–Crippen MR) is 92.6 cm³/mol. The third kappa shape index (κ3) is 4.14. The van der Waals surface area contributed by atoms with E-state index in [0.29, 0.717) is 13.1 Å². The van der Waals surface area contributed by atoms with E-state index in [1.807, 2.05) is 36.2 Å². The smallest absolute Gasteiger partial charge is 0.227 e. The number of amides is 2. The zero-order chi connectivity index (χ0) is 16.4. The number of carbonyl (C=O) groups is 2. The topological polar surface area (TPSA) is 40.6 Å². The summed E-state index contributed by atoms with van der Waals surface area (Å²) in [5.74, 6) is 0.607. The first-order valence-corrected chi connectivity index (χ1v) is 9.12. The molecule has 124 valence electrons. The van der Waals surface area contributed by atoms with E-state index in [4.69, 9.17) is 0 Å². The van der Waals surface area contributed by atoms with Gasteiger partial charge in [-0.2, -0.15) is 0 Å². The summed E-state index contributed by atoms with van der Waals surface area (Å²) in [5.41, 5.74) is 1.12. The Labute approximate surface area is 146 Å². The van der Waals surface area contributed by atoms with Crippen LogP contribution in [-0.4, -0.2) is 41.8 Å². The molecule has 3 rings (SSSR count). The molecule has 2 aliphatic rings. The summed E-state index contributed by atoms with van der Waals surface area (Å²) >= 11 is 3.42. The molecule has 2 fully saturated rings. The number of nitrogens with zero attached hydrogens (tertiary/aromatic N) is 2. The molecule has 0 N–H and O–H groups in total. The fourth-order valence-corrected chi connectivity index (χ4v) is 3.48. The first-order valence-electron chi connectivity index (χ1n) is 8.33. The van der Waals surface area contributed by atoms with Gasteiger partial charge in [0.05, 0.1) is 5.92 Å². The lowest BCUT2D eigenvalue weighted by Crippen LogP contribution is -2.46. The number of carbonyl (C=O) groups excluding carboxylic acids is 2. The second kappa shape index (κ2) is 7.04. The number of halogens is 1.